The van der Waals surface area contributed by atoms with Gasteiger partial charge in [-0.3, -0.25) is 0 Å². The Balaban J connectivity index is 1.89. The van der Waals surface area contributed by atoms with Gasteiger partial charge in [-0.2, -0.15) is 10.2 Å². The van der Waals surface area contributed by atoms with Crippen LogP contribution in [0.5, 0.6) is 0 Å². The molecular weight excluding hydrogens is 184 g/mol. The lowest BCUT2D eigenvalue weighted by Crippen LogP contribution is -2.11. The van der Waals surface area contributed by atoms with E-state index in [0.29, 0.717) is 0 Å². The van der Waals surface area contributed by atoms with E-state index >= 15 is 0 Å². The summed E-state index contributed by atoms with van der Waals surface area (Å²) >= 11 is 0. The number of fused-ring (bicyclic) bond motifs is 1. The maximum absolute atomic E-state index is 4.42. The molecule has 0 aromatic rings. The van der Waals surface area contributed by atoms with Gasteiger partial charge >= 0.3 is 0 Å². The molecule has 15 heavy (non-hydrogen) atoms. The lowest BCUT2D eigenvalue weighted by molar-refractivity contribution is 0.664. The van der Waals surface area contributed by atoms with E-state index in [-0.39, 0.29) is 6.04 Å². The molecule has 0 aromatic carbocycles. The number of azo groups is 1. The van der Waals surface area contributed by atoms with Gasteiger partial charge < -0.3 is 0 Å². The van der Waals surface area contributed by atoms with Crippen LogP contribution in [0.1, 0.15) is 38.5 Å². The first-order chi connectivity index (χ1) is 7.45. The van der Waals surface area contributed by atoms with Crippen LogP contribution in [-0.2, 0) is 0 Å². The smallest absolute Gasteiger partial charge is 0.119 e. The Morgan fingerprint density at radius 1 is 1.00 bits per heavy atom. The zero-order chi connectivity index (χ0) is 10.1. The minimum Gasteiger partial charge on any atom is -0.176 e. The summed E-state index contributed by atoms with van der Waals surface area (Å²) in [5.74, 6) is 0. The summed E-state index contributed by atoms with van der Waals surface area (Å²) in [6.07, 6.45) is 14.3. The highest BCUT2D eigenvalue weighted by molar-refractivity contribution is 5.45. The summed E-state index contributed by atoms with van der Waals surface area (Å²) < 4.78 is 0. The van der Waals surface area contributed by atoms with Gasteiger partial charge in [0, 0.05) is 5.57 Å². The highest BCUT2D eigenvalue weighted by Gasteiger charge is 2.28. The van der Waals surface area contributed by atoms with Crippen LogP contribution in [0.15, 0.2) is 45.3 Å². The number of allylic oxidation sites excluding steroid dienone is 3. The normalized spacial score (nSPS) is 29.3. The lowest BCUT2D eigenvalue weighted by atomic mass is 9.88. The van der Waals surface area contributed by atoms with Gasteiger partial charge in [0.2, 0.25) is 0 Å². The number of hydrogen-bond acceptors (Lipinski definition) is 2. The van der Waals surface area contributed by atoms with Gasteiger partial charge in [0.1, 0.15) is 6.04 Å². The molecule has 0 bridgehead atoms. The van der Waals surface area contributed by atoms with Crippen molar-refractivity contribution in [1.29, 1.82) is 0 Å². The van der Waals surface area contributed by atoms with Crippen LogP contribution in [0, 0.1) is 0 Å². The molecule has 0 fully saturated rings. The van der Waals surface area contributed by atoms with Crippen LogP contribution < -0.4 is 0 Å². The molecule has 1 aliphatic heterocycles. The third-order valence-corrected chi connectivity index (χ3v) is 3.42. The van der Waals surface area contributed by atoms with Crippen molar-refractivity contribution in [3.8, 4) is 0 Å². The van der Waals surface area contributed by atoms with Gasteiger partial charge in [-0.25, -0.2) is 0 Å². The second-order valence-electron chi connectivity index (χ2n) is 4.47. The van der Waals surface area contributed by atoms with E-state index in [4.69, 9.17) is 0 Å². The number of nitrogens with zero attached hydrogens (tertiary/aromatic N) is 2. The largest absolute Gasteiger partial charge is 0.176 e. The second-order valence-corrected chi connectivity index (χ2v) is 4.47. The quantitative estimate of drug-likeness (QED) is 0.573. The maximum Gasteiger partial charge on any atom is 0.119 e. The molecular formula is C13H16N2. The molecule has 0 radical (unpaired) electrons. The SMILES string of the molecule is C1=C2N=NC(C3=CCCCC3)C2=CCC1. The molecule has 2 heteroatoms. The van der Waals surface area contributed by atoms with E-state index in [1.165, 1.54) is 36.8 Å². The molecule has 1 unspecified atom stereocenters. The topological polar surface area (TPSA) is 24.7 Å². The predicted octanol–water partition coefficient (Wildman–Crippen LogP) is 3.93. The van der Waals surface area contributed by atoms with Crippen molar-refractivity contribution in [2.75, 3.05) is 0 Å². The molecule has 0 amide bonds. The molecule has 0 aromatic heterocycles. The molecule has 0 spiro atoms. The summed E-state index contributed by atoms with van der Waals surface area (Å²) in [6, 6.07) is 0.275. The third-order valence-electron chi connectivity index (χ3n) is 3.42. The predicted molar refractivity (Wildman–Crippen MR) is 60.6 cm³/mol. The van der Waals surface area contributed by atoms with Crippen LogP contribution >= 0.6 is 0 Å². The Kier molecular flexibility index (Phi) is 2.28. The second kappa shape index (κ2) is 3.76. The van der Waals surface area contributed by atoms with Crippen molar-refractivity contribution in [1.82, 2.24) is 0 Å². The van der Waals surface area contributed by atoms with Gasteiger partial charge in [-0.15, -0.1) is 0 Å². The van der Waals surface area contributed by atoms with Crippen molar-refractivity contribution < 1.29 is 0 Å². The average Bonchev–Trinajstić information content (AvgIpc) is 2.74. The van der Waals surface area contributed by atoms with Crippen LogP contribution in [0.4, 0.5) is 0 Å². The average molecular weight is 200 g/mol. The van der Waals surface area contributed by atoms with Gasteiger partial charge in [0.25, 0.3) is 0 Å². The Labute approximate surface area is 90.5 Å². The minimum absolute atomic E-state index is 0.275. The molecule has 3 rings (SSSR count). The van der Waals surface area contributed by atoms with Gasteiger partial charge in [-0.1, -0.05) is 18.2 Å². The number of hydrogen-bond donors (Lipinski definition) is 0. The zero-order valence-corrected chi connectivity index (χ0v) is 8.95. The van der Waals surface area contributed by atoms with E-state index in [9.17, 15) is 0 Å². The number of rotatable bonds is 1. The maximum atomic E-state index is 4.42. The Morgan fingerprint density at radius 2 is 1.93 bits per heavy atom. The first kappa shape index (κ1) is 9.08. The highest BCUT2D eigenvalue weighted by atomic mass is 15.2. The van der Waals surface area contributed by atoms with Crippen molar-refractivity contribution in [2.45, 2.75) is 44.6 Å². The van der Waals surface area contributed by atoms with E-state index < -0.39 is 0 Å². The molecule has 2 aliphatic carbocycles. The van der Waals surface area contributed by atoms with Gasteiger partial charge in [-0.05, 0) is 44.1 Å². The van der Waals surface area contributed by atoms with Crippen molar-refractivity contribution in [2.24, 2.45) is 10.2 Å². The molecule has 2 nitrogen and oxygen atoms in total. The van der Waals surface area contributed by atoms with Crippen LogP contribution in [0.25, 0.3) is 0 Å². The molecule has 3 aliphatic rings. The molecule has 1 heterocycles. The summed E-state index contributed by atoms with van der Waals surface area (Å²) in [5, 5.41) is 8.72. The minimum atomic E-state index is 0.275. The Hall–Kier alpha value is -1.18. The molecule has 0 N–H and O–H groups in total. The van der Waals surface area contributed by atoms with E-state index in [0.717, 1.165) is 18.5 Å². The third kappa shape index (κ3) is 1.58. The summed E-state index contributed by atoms with van der Waals surface area (Å²) in [4.78, 5) is 0. The molecule has 0 saturated carbocycles. The highest BCUT2D eigenvalue weighted by Crippen LogP contribution is 2.37. The summed E-state index contributed by atoms with van der Waals surface area (Å²) in [6.45, 7) is 0. The summed E-state index contributed by atoms with van der Waals surface area (Å²) in [7, 11) is 0. The van der Waals surface area contributed by atoms with Gasteiger partial charge in [0.05, 0.1) is 5.70 Å². The molecule has 78 valence electrons. The van der Waals surface area contributed by atoms with E-state index in [1.807, 2.05) is 0 Å². The van der Waals surface area contributed by atoms with Crippen LogP contribution in [-0.4, -0.2) is 6.04 Å². The fraction of sp³-hybridized carbons (Fsp3) is 0.538. The molecule has 0 saturated heterocycles. The first-order valence-corrected chi connectivity index (χ1v) is 5.95. The van der Waals surface area contributed by atoms with E-state index in [1.54, 1.807) is 0 Å². The van der Waals surface area contributed by atoms with Crippen molar-refractivity contribution >= 4 is 0 Å². The van der Waals surface area contributed by atoms with Gasteiger partial charge in [0.15, 0.2) is 0 Å². The zero-order valence-electron chi connectivity index (χ0n) is 8.95. The lowest BCUT2D eigenvalue weighted by Gasteiger charge is -2.18. The Morgan fingerprint density at radius 3 is 2.80 bits per heavy atom. The van der Waals surface area contributed by atoms with Crippen molar-refractivity contribution in [3.63, 3.8) is 0 Å². The van der Waals surface area contributed by atoms with Crippen LogP contribution in [0.3, 0.4) is 0 Å². The summed E-state index contributed by atoms with van der Waals surface area (Å²) in [5.41, 5.74) is 4.01. The van der Waals surface area contributed by atoms with Crippen LogP contribution in [0.2, 0.25) is 0 Å². The fourth-order valence-corrected chi connectivity index (χ4v) is 2.60. The Bertz CT molecular complexity index is 385. The monoisotopic (exact) mass is 200 g/mol. The van der Waals surface area contributed by atoms with Crippen molar-refractivity contribution in [3.05, 3.63) is 35.1 Å². The standard InChI is InChI=1S/C13H16N2/c1-2-6-10(7-3-1)13-11-8-4-5-9-12(11)14-15-13/h6,8-9,13H,1-5,7H2. The molecule has 1 atom stereocenters. The van der Waals surface area contributed by atoms with E-state index in [2.05, 4.69) is 28.5 Å². The first-order valence-electron chi connectivity index (χ1n) is 5.95. The fourth-order valence-electron chi connectivity index (χ4n) is 2.60.